The van der Waals surface area contributed by atoms with Crippen LogP contribution in [0.1, 0.15) is 42.1 Å². The van der Waals surface area contributed by atoms with Gasteiger partial charge < -0.3 is 5.32 Å². The molecule has 3 heterocycles. The number of thioether (sulfide) groups is 1. The summed E-state index contributed by atoms with van der Waals surface area (Å²) >= 11 is 1.49. The Morgan fingerprint density at radius 3 is 2.79 bits per heavy atom. The van der Waals surface area contributed by atoms with Crippen molar-refractivity contribution >= 4 is 17.7 Å². The zero-order chi connectivity index (χ0) is 19.3. The normalized spacial score (nSPS) is 19.3. The lowest BCUT2D eigenvalue weighted by atomic mass is 9.91. The molecular formula is C20H22N6OS. The van der Waals surface area contributed by atoms with Crippen molar-refractivity contribution < 1.29 is 4.79 Å². The molecule has 28 heavy (non-hydrogen) atoms. The van der Waals surface area contributed by atoms with E-state index in [1.165, 1.54) is 11.8 Å². The smallest absolute Gasteiger partial charge is 0.254 e. The monoisotopic (exact) mass is 394 g/mol. The summed E-state index contributed by atoms with van der Waals surface area (Å²) < 4.78 is 2.03. The first kappa shape index (κ1) is 18.6. The Bertz CT molecular complexity index is 937. The molecule has 3 aromatic heterocycles. The van der Waals surface area contributed by atoms with Gasteiger partial charge >= 0.3 is 0 Å². The largest absolute Gasteiger partial charge is 0.349 e. The van der Waals surface area contributed by atoms with Crippen molar-refractivity contribution in [3.63, 3.8) is 0 Å². The van der Waals surface area contributed by atoms with Crippen LogP contribution >= 0.6 is 11.8 Å². The first-order valence-corrected chi connectivity index (χ1v) is 10.6. The summed E-state index contributed by atoms with van der Waals surface area (Å²) in [5, 5.41) is 8.47. The van der Waals surface area contributed by atoms with Crippen molar-refractivity contribution in [1.29, 1.82) is 0 Å². The predicted octanol–water partition coefficient (Wildman–Crippen LogP) is 3.37. The van der Waals surface area contributed by atoms with Crippen molar-refractivity contribution in [3.8, 4) is 11.3 Å². The van der Waals surface area contributed by atoms with Gasteiger partial charge in [-0.05, 0) is 50.1 Å². The minimum absolute atomic E-state index is 0.0361. The van der Waals surface area contributed by atoms with Gasteiger partial charge in [0.15, 0.2) is 0 Å². The second-order valence-electron chi connectivity index (χ2n) is 6.84. The molecule has 8 heteroatoms. The van der Waals surface area contributed by atoms with Gasteiger partial charge in [0, 0.05) is 30.2 Å². The van der Waals surface area contributed by atoms with Gasteiger partial charge in [-0.15, -0.1) is 11.8 Å². The quantitative estimate of drug-likeness (QED) is 0.668. The average molecular weight is 395 g/mol. The Morgan fingerprint density at radius 1 is 1.18 bits per heavy atom. The molecule has 0 bridgehead atoms. The summed E-state index contributed by atoms with van der Waals surface area (Å²) in [6.07, 6.45) is 14.7. The van der Waals surface area contributed by atoms with Crippen molar-refractivity contribution in [2.24, 2.45) is 0 Å². The molecule has 0 aliphatic heterocycles. The highest BCUT2D eigenvalue weighted by Gasteiger charge is 2.25. The van der Waals surface area contributed by atoms with Crippen molar-refractivity contribution in [3.05, 3.63) is 54.9 Å². The van der Waals surface area contributed by atoms with E-state index in [1.54, 1.807) is 24.8 Å². The number of rotatable bonds is 5. The van der Waals surface area contributed by atoms with Crippen LogP contribution in [-0.2, 0) is 0 Å². The van der Waals surface area contributed by atoms with Crippen LogP contribution in [0.25, 0.3) is 11.3 Å². The number of pyridine rings is 1. The van der Waals surface area contributed by atoms with Crippen LogP contribution in [-0.4, -0.2) is 42.9 Å². The molecule has 1 amide bonds. The van der Waals surface area contributed by atoms with E-state index in [9.17, 15) is 4.79 Å². The maximum atomic E-state index is 12.6. The van der Waals surface area contributed by atoms with Crippen molar-refractivity contribution in [2.75, 3.05) is 6.26 Å². The van der Waals surface area contributed by atoms with E-state index in [2.05, 4.69) is 25.4 Å². The molecule has 3 aromatic rings. The number of aromatic nitrogens is 5. The van der Waals surface area contributed by atoms with E-state index in [1.807, 2.05) is 35.5 Å². The fourth-order valence-corrected chi connectivity index (χ4v) is 4.15. The Morgan fingerprint density at radius 2 is 2.04 bits per heavy atom. The van der Waals surface area contributed by atoms with E-state index in [0.29, 0.717) is 11.6 Å². The predicted molar refractivity (Wildman–Crippen MR) is 108 cm³/mol. The number of hydrogen-bond donors (Lipinski definition) is 1. The topological polar surface area (TPSA) is 85.6 Å². The van der Waals surface area contributed by atoms with Gasteiger partial charge in [0.1, 0.15) is 11.4 Å². The first-order valence-electron chi connectivity index (χ1n) is 9.35. The molecule has 1 fully saturated rings. The van der Waals surface area contributed by atoms with Gasteiger partial charge in [0.2, 0.25) is 0 Å². The highest BCUT2D eigenvalue weighted by atomic mass is 32.2. The van der Waals surface area contributed by atoms with Crippen LogP contribution in [0.15, 0.2) is 54.3 Å². The molecule has 4 rings (SSSR count). The number of amides is 1. The van der Waals surface area contributed by atoms with Crippen molar-refractivity contribution in [1.82, 2.24) is 30.0 Å². The SMILES string of the molecule is CSc1ncccc1C(=O)NC1CCC(n2cc(-c3ccncn3)cn2)CC1. The minimum Gasteiger partial charge on any atom is -0.349 e. The molecule has 1 N–H and O–H groups in total. The lowest BCUT2D eigenvalue weighted by Crippen LogP contribution is -2.38. The van der Waals surface area contributed by atoms with Gasteiger partial charge in [-0.25, -0.2) is 15.0 Å². The second-order valence-corrected chi connectivity index (χ2v) is 7.64. The summed E-state index contributed by atoms with van der Waals surface area (Å²) in [4.78, 5) is 25.1. The molecule has 1 aliphatic rings. The fraction of sp³-hybridized carbons (Fsp3) is 0.350. The van der Waals surface area contributed by atoms with Crippen LogP contribution in [0.2, 0.25) is 0 Å². The van der Waals surface area contributed by atoms with Crippen LogP contribution < -0.4 is 5.32 Å². The fourth-order valence-electron chi connectivity index (χ4n) is 3.61. The van der Waals surface area contributed by atoms with Gasteiger partial charge in [0.05, 0.1) is 23.5 Å². The molecule has 0 unspecified atom stereocenters. The van der Waals surface area contributed by atoms with E-state index < -0.39 is 0 Å². The highest BCUT2D eigenvalue weighted by Crippen LogP contribution is 2.29. The van der Waals surface area contributed by atoms with Gasteiger partial charge in [-0.3, -0.25) is 9.48 Å². The molecule has 0 radical (unpaired) electrons. The number of carbonyl (C=O) groups is 1. The maximum absolute atomic E-state index is 12.6. The minimum atomic E-state index is -0.0361. The third-order valence-electron chi connectivity index (χ3n) is 5.09. The van der Waals surface area contributed by atoms with E-state index in [0.717, 1.165) is 42.0 Å². The number of nitrogens with zero attached hydrogens (tertiary/aromatic N) is 5. The summed E-state index contributed by atoms with van der Waals surface area (Å²) in [5.41, 5.74) is 2.53. The van der Waals surface area contributed by atoms with Crippen LogP contribution in [0.3, 0.4) is 0 Å². The Kier molecular flexibility index (Phi) is 5.66. The molecule has 0 spiro atoms. The molecule has 144 valence electrons. The molecule has 7 nitrogen and oxygen atoms in total. The summed E-state index contributed by atoms with van der Waals surface area (Å²) in [6, 6.07) is 6.06. The zero-order valence-corrected chi connectivity index (χ0v) is 16.5. The molecular weight excluding hydrogens is 372 g/mol. The Labute approximate surface area is 168 Å². The van der Waals surface area contributed by atoms with E-state index in [4.69, 9.17) is 0 Å². The standard InChI is InChI=1S/C20H22N6OS/c1-28-20-17(3-2-9-22-20)19(27)25-15-4-6-16(7-5-15)26-12-14(11-24-26)18-8-10-21-13-23-18/h2-3,8-13,15-16H,4-7H2,1H3,(H,25,27). The van der Waals surface area contributed by atoms with Crippen LogP contribution in [0.5, 0.6) is 0 Å². The summed E-state index contributed by atoms with van der Waals surface area (Å²) in [5.74, 6) is -0.0361. The molecule has 1 aliphatic carbocycles. The lowest BCUT2D eigenvalue weighted by Gasteiger charge is -2.29. The average Bonchev–Trinajstić information content (AvgIpc) is 3.25. The highest BCUT2D eigenvalue weighted by molar-refractivity contribution is 7.98. The second kappa shape index (κ2) is 8.52. The number of hydrogen-bond acceptors (Lipinski definition) is 6. The molecule has 0 atom stereocenters. The number of carbonyl (C=O) groups excluding carboxylic acids is 1. The van der Waals surface area contributed by atoms with Gasteiger partial charge in [0.25, 0.3) is 5.91 Å². The third-order valence-corrected chi connectivity index (χ3v) is 5.81. The van der Waals surface area contributed by atoms with Crippen LogP contribution in [0.4, 0.5) is 0 Å². The third kappa shape index (κ3) is 4.06. The van der Waals surface area contributed by atoms with Crippen molar-refractivity contribution in [2.45, 2.75) is 42.8 Å². The van der Waals surface area contributed by atoms with Gasteiger partial charge in [-0.2, -0.15) is 5.10 Å². The molecule has 1 saturated carbocycles. The molecule has 0 aromatic carbocycles. The Hall–Kier alpha value is -2.74. The van der Waals surface area contributed by atoms with Crippen LogP contribution in [0, 0.1) is 0 Å². The number of nitrogens with one attached hydrogen (secondary N) is 1. The molecule has 0 saturated heterocycles. The summed E-state index contributed by atoms with van der Waals surface area (Å²) in [7, 11) is 0. The zero-order valence-electron chi connectivity index (χ0n) is 15.7. The summed E-state index contributed by atoms with van der Waals surface area (Å²) in [6.45, 7) is 0. The van der Waals surface area contributed by atoms with E-state index >= 15 is 0 Å². The first-order chi connectivity index (χ1) is 13.7. The Balaban J connectivity index is 1.35. The van der Waals surface area contributed by atoms with E-state index in [-0.39, 0.29) is 11.9 Å². The van der Waals surface area contributed by atoms with Gasteiger partial charge in [-0.1, -0.05) is 0 Å². The lowest BCUT2D eigenvalue weighted by molar-refractivity contribution is 0.0918. The maximum Gasteiger partial charge on any atom is 0.254 e.